The molecule has 8 heteroatoms. The summed E-state index contributed by atoms with van der Waals surface area (Å²) >= 11 is 0. The van der Waals surface area contributed by atoms with Crippen LogP contribution in [0.2, 0.25) is 0 Å². The van der Waals surface area contributed by atoms with Gasteiger partial charge in [-0.1, -0.05) is 0 Å². The van der Waals surface area contributed by atoms with Gasteiger partial charge >= 0.3 is 0 Å². The molecule has 0 saturated carbocycles. The first-order valence-corrected chi connectivity index (χ1v) is 4.39. The third kappa shape index (κ3) is 2.61. The van der Waals surface area contributed by atoms with Gasteiger partial charge in [0.1, 0.15) is 24.4 Å². The minimum Gasteiger partial charge on any atom is -0.394 e. The zero-order valence-electron chi connectivity index (χ0n) is 7.76. The van der Waals surface area contributed by atoms with Crippen LogP contribution in [-0.2, 0) is 4.74 Å². The number of hydrogen-bond acceptors (Lipinski definition) is 7. The molecular formula is C7H13NO7. The van der Waals surface area contributed by atoms with E-state index in [2.05, 4.69) is 0 Å². The van der Waals surface area contributed by atoms with E-state index in [0.717, 1.165) is 0 Å². The van der Waals surface area contributed by atoms with Crippen LogP contribution in [0.25, 0.3) is 0 Å². The lowest BCUT2D eigenvalue weighted by Crippen LogP contribution is -2.60. The van der Waals surface area contributed by atoms with E-state index in [1.165, 1.54) is 0 Å². The molecule has 5 atom stereocenters. The van der Waals surface area contributed by atoms with Crippen molar-refractivity contribution in [2.45, 2.75) is 30.5 Å². The van der Waals surface area contributed by atoms with Crippen LogP contribution in [0.1, 0.15) is 0 Å². The quantitative estimate of drug-likeness (QED) is 0.298. The van der Waals surface area contributed by atoms with Crippen LogP contribution in [0.5, 0.6) is 0 Å². The van der Waals surface area contributed by atoms with Crippen LogP contribution in [0.3, 0.4) is 0 Å². The van der Waals surface area contributed by atoms with Crippen molar-refractivity contribution in [3.05, 3.63) is 10.1 Å². The van der Waals surface area contributed by atoms with Crippen LogP contribution in [0.4, 0.5) is 0 Å². The van der Waals surface area contributed by atoms with E-state index in [4.69, 9.17) is 9.84 Å². The van der Waals surface area contributed by atoms with Crippen molar-refractivity contribution >= 4 is 0 Å². The Hall–Kier alpha value is -0.800. The van der Waals surface area contributed by atoms with Crippen molar-refractivity contribution in [2.75, 3.05) is 13.2 Å². The first-order valence-electron chi connectivity index (χ1n) is 4.39. The van der Waals surface area contributed by atoms with Crippen LogP contribution >= 0.6 is 0 Å². The molecule has 0 unspecified atom stereocenters. The molecule has 1 aliphatic rings. The van der Waals surface area contributed by atoms with Crippen LogP contribution < -0.4 is 0 Å². The summed E-state index contributed by atoms with van der Waals surface area (Å²) in [4.78, 5) is 9.50. The molecule has 15 heavy (non-hydrogen) atoms. The van der Waals surface area contributed by atoms with Gasteiger partial charge in [0.05, 0.1) is 6.61 Å². The predicted molar refractivity (Wildman–Crippen MR) is 45.6 cm³/mol. The van der Waals surface area contributed by atoms with E-state index < -0.39 is 48.6 Å². The highest BCUT2D eigenvalue weighted by molar-refractivity contribution is 4.91. The average Bonchev–Trinajstić information content (AvgIpc) is 2.18. The Bertz CT molecular complexity index is 233. The lowest BCUT2D eigenvalue weighted by Gasteiger charge is -2.38. The Labute approximate surface area is 84.9 Å². The smallest absolute Gasteiger partial charge is 0.232 e. The minimum absolute atomic E-state index is 0.584. The van der Waals surface area contributed by atoms with E-state index in [0.29, 0.717) is 0 Å². The summed E-state index contributed by atoms with van der Waals surface area (Å²) in [6.45, 7) is -1.28. The maximum absolute atomic E-state index is 10.2. The summed E-state index contributed by atoms with van der Waals surface area (Å²) in [5.74, 6) is 0. The van der Waals surface area contributed by atoms with Crippen LogP contribution in [0, 0.1) is 10.1 Å². The maximum Gasteiger partial charge on any atom is 0.232 e. The Kier molecular flexibility index (Phi) is 3.94. The Morgan fingerprint density at radius 3 is 2.13 bits per heavy atom. The normalized spacial score (nSPS) is 41.5. The van der Waals surface area contributed by atoms with Gasteiger partial charge in [-0.2, -0.15) is 0 Å². The SMILES string of the molecule is O=[N+]([O-])C[C@@H]1O[C@H](CO)[C@H](O)[C@H](O)[C@H]1O. The second-order valence-electron chi connectivity index (χ2n) is 3.38. The molecule has 0 aliphatic carbocycles. The highest BCUT2D eigenvalue weighted by Gasteiger charge is 2.45. The van der Waals surface area contributed by atoms with E-state index >= 15 is 0 Å². The number of nitro groups is 1. The van der Waals surface area contributed by atoms with Crippen molar-refractivity contribution < 1.29 is 30.1 Å². The van der Waals surface area contributed by atoms with Gasteiger partial charge in [0.15, 0.2) is 6.10 Å². The van der Waals surface area contributed by atoms with Gasteiger partial charge in [0.25, 0.3) is 0 Å². The van der Waals surface area contributed by atoms with E-state index in [9.17, 15) is 25.4 Å². The van der Waals surface area contributed by atoms with Gasteiger partial charge in [0.2, 0.25) is 6.54 Å². The average molecular weight is 223 g/mol. The number of hydrogen-bond donors (Lipinski definition) is 4. The number of nitrogens with zero attached hydrogens (tertiary/aromatic N) is 1. The summed E-state index contributed by atoms with van der Waals surface area (Å²) in [5.41, 5.74) is 0. The van der Waals surface area contributed by atoms with Gasteiger partial charge in [-0.05, 0) is 0 Å². The number of rotatable bonds is 3. The molecule has 1 rings (SSSR count). The summed E-state index contributed by atoms with van der Waals surface area (Å²) in [6.07, 6.45) is -6.88. The van der Waals surface area contributed by atoms with Crippen molar-refractivity contribution in [2.24, 2.45) is 0 Å². The van der Waals surface area contributed by atoms with Gasteiger partial charge < -0.3 is 25.2 Å². The summed E-state index contributed by atoms with van der Waals surface area (Å²) in [6, 6.07) is 0. The first kappa shape index (κ1) is 12.3. The molecule has 0 spiro atoms. The lowest BCUT2D eigenvalue weighted by atomic mass is 9.95. The number of ether oxygens (including phenoxy) is 1. The Balaban J connectivity index is 2.69. The Morgan fingerprint density at radius 1 is 1.13 bits per heavy atom. The molecule has 0 aromatic rings. The largest absolute Gasteiger partial charge is 0.394 e. The third-order valence-corrected chi connectivity index (χ3v) is 2.32. The molecular weight excluding hydrogens is 210 g/mol. The van der Waals surface area contributed by atoms with Crippen LogP contribution in [0.15, 0.2) is 0 Å². The zero-order chi connectivity index (χ0) is 11.6. The second-order valence-corrected chi connectivity index (χ2v) is 3.38. The highest BCUT2D eigenvalue weighted by atomic mass is 16.6. The number of aliphatic hydroxyl groups excluding tert-OH is 4. The third-order valence-electron chi connectivity index (χ3n) is 2.32. The van der Waals surface area contributed by atoms with E-state index in [1.807, 2.05) is 0 Å². The summed E-state index contributed by atoms with van der Waals surface area (Å²) in [5, 5.41) is 46.9. The molecule has 4 N–H and O–H groups in total. The lowest BCUT2D eigenvalue weighted by molar-refractivity contribution is -0.499. The molecule has 0 aromatic heterocycles. The molecule has 0 aromatic carbocycles. The monoisotopic (exact) mass is 223 g/mol. The van der Waals surface area contributed by atoms with Gasteiger partial charge in [0, 0.05) is 4.92 Å². The fourth-order valence-corrected chi connectivity index (χ4v) is 1.48. The molecule has 1 saturated heterocycles. The first-order chi connectivity index (χ1) is 6.97. The standard InChI is InChI=1S/C7H13NO7/c9-2-4-6(11)7(12)5(10)3(15-4)1-8(13)14/h3-7,9-12H,1-2H2/t3-,4+,5-,6-,7+/m0/s1. The Morgan fingerprint density at radius 2 is 1.67 bits per heavy atom. The van der Waals surface area contributed by atoms with Crippen molar-refractivity contribution in [1.29, 1.82) is 0 Å². The van der Waals surface area contributed by atoms with Gasteiger partial charge in [-0.15, -0.1) is 0 Å². The van der Waals surface area contributed by atoms with Crippen LogP contribution in [-0.4, -0.2) is 69.0 Å². The molecule has 1 heterocycles. The number of aliphatic hydroxyl groups is 4. The molecule has 1 aliphatic heterocycles. The summed E-state index contributed by atoms with van der Waals surface area (Å²) < 4.78 is 4.89. The van der Waals surface area contributed by atoms with Crippen molar-refractivity contribution in [1.82, 2.24) is 0 Å². The minimum atomic E-state index is -1.55. The topological polar surface area (TPSA) is 133 Å². The highest BCUT2D eigenvalue weighted by Crippen LogP contribution is 2.21. The fourth-order valence-electron chi connectivity index (χ4n) is 1.48. The maximum atomic E-state index is 10.2. The molecule has 8 nitrogen and oxygen atoms in total. The van der Waals surface area contributed by atoms with Crippen molar-refractivity contribution in [3.8, 4) is 0 Å². The molecule has 1 fully saturated rings. The van der Waals surface area contributed by atoms with Crippen molar-refractivity contribution in [3.63, 3.8) is 0 Å². The molecule has 88 valence electrons. The summed E-state index contributed by atoms with van der Waals surface area (Å²) in [7, 11) is 0. The second kappa shape index (κ2) is 4.81. The van der Waals surface area contributed by atoms with Gasteiger partial charge in [-0.3, -0.25) is 10.1 Å². The zero-order valence-corrected chi connectivity index (χ0v) is 7.76. The fraction of sp³-hybridized carbons (Fsp3) is 1.00. The van der Waals surface area contributed by atoms with E-state index in [-0.39, 0.29) is 0 Å². The van der Waals surface area contributed by atoms with E-state index in [1.54, 1.807) is 0 Å². The molecule has 0 radical (unpaired) electrons. The predicted octanol–water partition coefficient (Wildman–Crippen LogP) is -2.89. The van der Waals surface area contributed by atoms with Gasteiger partial charge in [-0.25, -0.2) is 0 Å². The molecule has 0 bridgehead atoms. The molecule has 0 amide bonds.